The van der Waals surface area contributed by atoms with Crippen molar-refractivity contribution < 1.29 is 18.0 Å². The van der Waals surface area contributed by atoms with Crippen LogP contribution in [0, 0.1) is 0 Å². The number of hydrogen-bond acceptors (Lipinski definition) is 5. The van der Waals surface area contributed by atoms with Crippen molar-refractivity contribution in [2.75, 3.05) is 12.8 Å². The Bertz CT molecular complexity index is 1130. The van der Waals surface area contributed by atoms with Gasteiger partial charge in [0.2, 0.25) is 15.9 Å². The van der Waals surface area contributed by atoms with E-state index in [9.17, 15) is 18.0 Å². The number of sulfonamides is 1. The van der Waals surface area contributed by atoms with Crippen molar-refractivity contribution in [2.45, 2.75) is 6.42 Å². The first-order valence-electron chi connectivity index (χ1n) is 8.57. The van der Waals surface area contributed by atoms with Crippen molar-refractivity contribution in [3.63, 3.8) is 0 Å². The number of aromatic nitrogens is 1. The van der Waals surface area contributed by atoms with Gasteiger partial charge >= 0.3 is 0 Å². The third kappa shape index (κ3) is 4.92. The van der Waals surface area contributed by atoms with Gasteiger partial charge in [-0.25, -0.2) is 13.4 Å². The smallest absolute Gasteiger partial charge is 0.252 e. The highest BCUT2D eigenvalue weighted by Crippen LogP contribution is 2.24. The molecule has 0 spiro atoms. The second-order valence-corrected chi connectivity index (χ2v) is 7.99. The summed E-state index contributed by atoms with van der Waals surface area (Å²) in [6.45, 7) is 0.0114. The van der Waals surface area contributed by atoms with Gasteiger partial charge in [0.1, 0.15) is 0 Å². The lowest BCUT2D eigenvalue weighted by molar-refractivity contribution is -0.119. The van der Waals surface area contributed by atoms with E-state index in [2.05, 4.69) is 10.3 Å². The summed E-state index contributed by atoms with van der Waals surface area (Å²) < 4.78 is 24.0. The molecule has 0 saturated carbocycles. The van der Waals surface area contributed by atoms with Gasteiger partial charge in [-0.05, 0) is 12.1 Å². The SMILES string of the molecule is CS(=O)(=O)NC(=O)CCNC(=O)c1cc(-c2ccccc2)nc2ccccc12. The van der Waals surface area contributed by atoms with Crippen LogP contribution < -0.4 is 10.0 Å². The van der Waals surface area contributed by atoms with Crippen LogP contribution in [-0.2, 0) is 14.8 Å². The van der Waals surface area contributed by atoms with Crippen LogP contribution in [0.15, 0.2) is 60.7 Å². The topological polar surface area (TPSA) is 105 Å². The molecular weight excluding hydrogens is 378 g/mol. The normalized spacial score (nSPS) is 11.2. The number of carbonyl (C=O) groups is 2. The molecular formula is C20H19N3O4S. The van der Waals surface area contributed by atoms with Crippen LogP contribution >= 0.6 is 0 Å². The van der Waals surface area contributed by atoms with Crippen molar-refractivity contribution in [1.82, 2.24) is 15.0 Å². The van der Waals surface area contributed by atoms with Crippen LogP contribution in [0.4, 0.5) is 0 Å². The van der Waals surface area contributed by atoms with E-state index < -0.39 is 15.9 Å². The number of carbonyl (C=O) groups excluding carboxylic acids is 2. The number of amides is 2. The standard InChI is InChI=1S/C20H19N3O4S/c1-28(26,27)23-19(24)11-12-21-20(25)16-13-18(14-7-3-2-4-8-14)22-17-10-6-5-9-15(16)17/h2-10,13H,11-12H2,1H3,(H,21,25)(H,23,24). The summed E-state index contributed by atoms with van der Waals surface area (Å²) in [4.78, 5) is 28.9. The molecule has 28 heavy (non-hydrogen) atoms. The van der Waals surface area contributed by atoms with E-state index in [1.54, 1.807) is 6.07 Å². The molecule has 144 valence electrons. The van der Waals surface area contributed by atoms with E-state index in [4.69, 9.17) is 0 Å². The molecule has 7 nitrogen and oxygen atoms in total. The highest BCUT2D eigenvalue weighted by Gasteiger charge is 2.14. The van der Waals surface area contributed by atoms with E-state index in [0.717, 1.165) is 11.8 Å². The van der Waals surface area contributed by atoms with Crippen LogP contribution in [0.3, 0.4) is 0 Å². The molecule has 2 N–H and O–H groups in total. The summed E-state index contributed by atoms with van der Waals surface area (Å²) in [5.41, 5.74) is 2.67. The van der Waals surface area contributed by atoms with Gasteiger partial charge in [0, 0.05) is 23.9 Å². The lowest BCUT2D eigenvalue weighted by Gasteiger charge is -2.10. The number of para-hydroxylation sites is 1. The second kappa shape index (κ2) is 8.18. The van der Waals surface area contributed by atoms with Gasteiger partial charge in [-0.1, -0.05) is 48.5 Å². The zero-order chi connectivity index (χ0) is 20.1. The highest BCUT2D eigenvalue weighted by atomic mass is 32.2. The van der Waals surface area contributed by atoms with Gasteiger partial charge in [0.25, 0.3) is 5.91 Å². The zero-order valence-corrected chi connectivity index (χ0v) is 16.0. The monoisotopic (exact) mass is 397 g/mol. The van der Waals surface area contributed by atoms with Crippen molar-refractivity contribution in [3.8, 4) is 11.3 Å². The first kappa shape index (κ1) is 19.5. The summed E-state index contributed by atoms with van der Waals surface area (Å²) in [5, 5.41) is 3.36. The summed E-state index contributed by atoms with van der Waals surface area (Å²) in [5.74, 6) is -1.03. The molecule has 0 aliphatic heterocycles. The molecule has 2 amide bonds. The average Bonchev–Trinajstić information content (AvgIpc) is 2.66. The van der Waals surface area contributed by atoms with Crippen LogP contribution in [0.25, 0.3) is 22.2 Å². The van der Waals surface area contributed by atoms with Gasteiger partial charge in [-0.15, -0.1) is 0 Å². The van der Waals surface area contributed by atoms with Crippen LogP contribution in [-0.4, -0.2) is 38.0 Å². The number of fused-ring (bicyclic) bond motifs is 1. The molecule has 0 fully saturated rings. The fourth-order valence-electron chi connectivity index (χ4n) is 2.76. The summed E-state index contributed by atoms with van der Waals surface area (Å²) in [6.07, 6.45) is 0.755. The Hall–Kier alpha value is -3.26. The predicted octanol–water partition coefficient (Wildman–Crippen LogP) is 2.10. The van der Waals surface area contributed by atoms with E-state index in [0.29, 0.717) is 22.2 Å². The van der Waals surface area contributed by atoms with Crippen LogP contribution in [0.5, 0.6) is 0 Å². The number of hydrogen-bond donors (Lipinski definition) is 2. The molecule has 3 aromatic rings. The zero-order valence-electron chi connectivity index (χ0n) is 15.2. The lowest BCUT2D eigenvalue weighted by atomic mass is 10.0. The lowest BCUT2D eigenvalue weighted by Crippen LogP contribution is -2.33. The van der Waals surface area contributed by atoms with Crippen molar-refractivity contribution in [2.24, 2.45) is 0 Å². The largest absolute Gasteiger partial charge is 0.351 e. The van der Waals surface area contributed by atoms with E-state index >= 15 is 0 Å². The van der Waals surface area contributed by atoms with Gasteiger partial charge < -0.3 is 5.32 Å². The highest BCUT2D eigenvalue weighted by molar-refractivity contribution is 7.89. The summed E-state index contributed by atoms with van der Waals surface area (Å²) in [6, 6.07) is 18.5. The van der Waals surface area contributed by atoms with Crippen molar-refractivity contribution in [3.05, 3.63) is 66.2 Å². The number of rotatable bonds is 6. The molecule has 1 heterocycles. The first-order chi connectivity index (χ1) is 13.3. The van der Waals surface area contributed by atoms with E-state index in [-0.39, 0.29) is 18.9 Å². The second-order valence-electron chi connectivity index (χ2n) is 6.24. The Labute approximate surface area is 162 Å². The fourth-order valence-corrected chi connectivity index (χ4v) is 3.28. The molecule has 0 atom stereocenters. The Balaban J connectivity index is 1.83. The van der Waals surface area contributed by atoms with Gasteiger partial charge in [0.15, 0.2) is 0 Å². The molecule has 0 aliphatic carbocycles. The maximum Gasteiger partial charge on any atom is 0.252 e. The van der Waals surface area contributed by atoms with E-state index in [1.807, 2.05) is 59.3 Å². The van der Waals surface area contributed by atoms with Crippen LogP contribution in [0.1, 0.15) is 16.8 Å². The van der Waals surface area contributed by atoms with Gasteiger partial charge in [-0.3, -0.25) is 14.3 Å². The third-order valence-electron chi connectivity index (χ3n) is 3.97. The minimum Gasteiger partial charge on any atom is -0.351 e. The number of benzene rings is 2. The van der Waals surface area contributed by atoms with Crippen molar-refractivity contribution in [1.29, 1.82) is 0 Å². The molecule has 0 saturated heterocycles. The Morgan fingerprint density at radius 2 is 1.68 bits per heavy atom. The average molecular weight is 397 g/mol. The number of pyridine rings is 1. The van der Waals surface area contributed by atoms with Gasteiger partial charge in [-0.2, -0.15) is 0 Å². The molecule has 0 bridgehead atoms. The molecule has 2 aromatic carbocycles. The molecule has 3 rings (SSSR count). The Kier molecular flexibility index (Phi) is 5.70. The molecule has 8 heteroatoms. The minimum absolute atomic E-state index is 0.0114. The Morgan fingerprint density at radius 3 is 2.39 bits per heavy atom. The molecule has 0 radical (unpaired) electrons. The first-order valence-corrected chi connectivity index (χ1v) is 10.5. The summed E-state index contributed by atoms with van der Waals surface area (Å²) in [7, 11) is -3.61. The predicted molar refractivity (Wildman–Crippen MR) is 107 cm³/mol. The Morgan fingerprint density at radius 1 is 1.00 bits per heavy atom. The maximum absolute atomic E-state index is 12.7. The number of nitrogens with zero attached hydrogens (tertiary/aromatic N) is 1. The van der Waals surface area contributed by atoms with Gasteiger partial charge in [0.05, 0.1) is 23.0 Å². The molecule has 1 aromatic heterocycles. The van der Waals surface area contributed by atoms with E-state index in [1.165, 1.54) is 0 Å². The molecule has 0 aliphatic rings. The third-order valence-corrected chi connectivity index (χ3v) is 4.57. The number of nitrogens with one attached hydrogen (secondary N) is 2. The molecule has 0 unspecified atom stereocenters. The van der Waals surface area contributed by atoms with Crippen molar-refractivity contribution >= 4 is 32.7 Å². The minimum atomic E-state index is -3.61. The summed E-state index contributed by atoms with van der Waals surface area (Å²) >= 11 is 0. The quantitative estimate of drug-likeness (QED) is 0.663. The maximum atomic E-state index is 12.7. The fraction of sp³-hybridized carbons (Fsp3) is 0.150. The van der Waals surface area contributed by atoms with Crippen LogP contribution in [0.2, 0.25) is 0 Å².